The molecule has 2 aromatic heterocycles. The Bertz CT molecular complexity index is 696. The molecule has 0 aliphatic heterocycles. The Balaban J connectivity index is 1.83. The summed E-state index contributed by atoms with van der Waals surface area (Å²) in [6, 6.07) is 2.09. The Hall–Kier alpha value is -1.92. The molecule has 0 saturated heterocycles. The van der Waals surface area contributed by atoms with E-state index >= 15 is 0 Å². The highest BCUT2D eigenvalue weighted by molar-refractivity contribution is 6.29. The Morgan fingerprint density at radius 2 is 1.96 bits per heavy atom. The number of hydrogen-bond acceptors (Lipinski definition) is 6. The van der Waals surface area contributed by atoms with Gasteiger partial charge in [0.15, 0.2) is 0 Å². The number of nitrogens with one attached hydrogen (secondary N) is 1. The molecule has 0 aromatic carbocycles. The number of ether oxygens (including phenoxy) is 1. The van der Waals surface area contributed by atoms with Crippen molar-refractivity contribution in [3.05, 3.63) is 29.8 Å². The van der Waals surface area contributed by atoms with Crippen molar-refractivity contribution in [2.24, 2.45) is 0 Å². The average molecular weight is 349 g/mol. The van der Waals surface area contributed by atoms with Gasteiger partial charge in [0.25, 0.3) is 0 Å². The topological polar surface area (TPSA) is 80.2 Å². The fourth-order valence-electron chi connectivity index (χ4n) is 2.92. The van der Waals surface area contributed by atoms with Gasteiger partial charge in [-0.15, -0.1) is 0 Å². The van der Waals surface area contributed by atoms with Crippen LogP contribution in [0.2, 0.25) is 5.15 Å². The lowest BCUT2D eigenvalue weighted by molar-refractivity contribution is 0.0196. The third-order valence-electron chi connectivity index (χ3n) is 4.41. The number of hydrogen-bond donors (Lipinski definition) is 2. The third-order valence-corrected chi connectivity index (χ3v) is 4.61. The van der Waals surface area contributed by atoms with Gasteiger partial charge in [0.2, 0.25) is 5.88 Å². The van der Waals surface area contributed by atoms with E-state index in [0.717, 1.165) is 36.9 Å². The highest BCUT2D eigenvalue weighted by Crippen LogP contribution is 2.33. The Labute approximate surface area is 146 Å². The highest BCUT2D eigenvalue weighted by Gasteiger charge is 2.29. The molecule has 0 bridgehead atoms. The second kappa shape index (κ2) is 6.91. The van der Waals surface area contributed by atoms with Gasteiger partial charge < -0.3 is 15.2 Å². The van der Waals surface area contributed by atoms with E-state index in [1.165, 1.54) is 0 Å². The normalized spacial score (nSPS) is 23.8. The largest absolute Gasteiger partial charge is 0.480 e. The predicted molar refractivity (Wildman–Crippen MR) is 93.3 cm³/mol. The van der Waals surface area contributed by atoms with Crippen LogP contribution in [0.25, 0.3) is 11.3 Å². The van der Waals surface area contributed by atoms with E-state index in [1.54, 1.807) is 31.8 Å². The lowest BCUT2D eigenvalue weighted by Crippen LogP contribution is -2.35. The first-order valence-electron chi connectivity index (χ1n) is 7.98. The smallest absolute Gasteiger partial charge is 0.232 e. The van der Waals surface area contributed by atoms with Gasteiger partial charge in [0.1, 0.15) is 5.15 Å². The summed E-state index contributed by atoms with van der Waals surface area (Å²) < 4.78 is 5.05. The monoisotopic (exact) mass is 348 g/mol. The Kier molecular flexibility index (Phi) is 4.87. The first kappa shape index (κ1) is 16.9. The molecule has 7 heteroatoms. The van der Waals surface area contributed by atoms with Crippen LogP contribution in [-0.4, -0.2) is 38.8 Å². The minimum Gasteiger partial charge on any atom is -0.480 e. The van der Waals surface area contributed by atoms with Gasteiger partial charge in [0, 0.05) is 23.5 Å². The van der Waals surface area contributed by atoms with Crippen LogP contribution in [0.1, 0.15) is 32.6 Å². The number of rotatable bonds is 4. The molecule has 1 saturated carbocycles. The van der Waals surface area contributed by atoms with Gasteiger partial charge in [0.05, 0.1) is 30.8 Å². The molecule has 24 heavy (non-hydrogen) atoms. The molecule has 2 heterocycles. The second-order valence-corrected chi connectivity index (χ2v) is 6.80. The Morgan fingerprint density at radius 3 is 2.58 bits per heavy atom. The minimum atomic E-state index is -0.557. The zero-order valence-electron chi connectivity index (χ0n) is 13.8. The standard InChI is InChI=1S/C17H21ClN4O2/c1-17(23)5-3-11(4-6-17)22-13-7-15(18)20-8-12(13)14-9-21-16(24-2)10-19-14/h7-11,23H,3-6H2,1-2H3,(H,20,22). The summed E-state index contributed by atoms with van der Waals surface area (Å²) in [5.74, 6) is 0.463. The quantitative estimate of drug-likeness (QED) is 0.825. The molecule has 1 aliphatic carbocycles. The van der Waals surface area contributed by atoms with Crippen LogP contribution in [0, 0.1) is 0 Å². The molecule has 3 rings (SSSR count). The fourth-order valence-corrected chi connectivity index (χ4v) is 3.08. The van der Waals surface area contributed by atoms with Crippen molar-refractivity contribution < 1.29 is 9.84 Å². The number of nitrogens with zero attached hydrogens (tertiary/aromatic N) is 3. The number of aromatic nitrogens is 3. The van der Waals surface area contributed by atoms with Crippen LogP contribution < -0.4 is 10.1 Å². The van der Waals surface area contributed by atoms with Crippen LogP contribution in [0.5, 0.6) is 5.88 Å². The second-order valence-electron chi connectivity index (χ2n) is 6.41. The van der Waals surface area contributed by atoms with Gasteiger partial charge in [-0.25, -0.2) is 15.0 Å². The van der Waals surface area contributed by atoms with Gasteiger partial charge in [-0.05, 0) is 38.7 Å². The van der Waals surface area contributed by atoms with Gasteiger partial charge >= 0.3 is 0 Å². The molecular weight excluding hydrogens is 328 g/mol. The molecule has 2 aromatic rings. The third kappa shape index (κ3) is 3.94. The molecule has 1 fully saturated rings. The molecule has 2 N–H and O–H groups in total. The molecule has 128 valence electrons. The molecule has 0 unspecified atom stereocenters. The predicted octanol–water partition coefficient (Wildman–Crippen LogP) is 3.31. The van der Waals surface area contributed by atoms with Crippen molar-refractivity contribution >= 4 is 17.3 Å². The van der Waals surface area contributed by atoms with E-state index in [4.69, 9.17) is 16.3 Å². The summed E-state index contributed by atoms with van der Waals surface area (Å²) >= 11 is 6.07. The maximum Gasteiger partial charge on any atom is 0.232 e. The number of aliphatic hydroxyl groups is 1. The van der Waals surface area contributed by atoms with Crippen molar-refractivity contribution in [2.75, 3.05) is 12.4 Å². The first-order valence-corrected chi connectivity index (χ1v) is 8.35. The maximum atomic E-state index is 10.1. The van der Waals surface area contributed by atoms with Crippen molar-refractivity contribution in [1.82, 2.24) is 15.0 Å². The Morgan fingerprint density at radius 1 is 1.21 bits per heavy atom. The van der Waals surface area contributed by atoms with Gasteiger partial charge in [-0.3, -0.25) is 0 Å². The fraction of sp³-hybridized carbons (Fsp3) is 0.471. The van der Waals surface area contributed by atoms with E-state index in [2.05, 4.69) is 20.3 Å². The number of methoxy groups -OCH3 is 1. The van der Waals surface area contributed by atoms with E-state index in [-0.39, 0.29) is 6.04 Å². The van der Waals surface area contributed by atoms with Crippen molar-refractivity contribution in [2.45, 2.75) is 44.2 Å². The van der Waals surface area contributed by atoms with Crippen LogP contribution in [-0.2, 0) is 0 Å². The molecule has 1 aliphatic rings. The maximum absolute atomic E-state index is 10.1. The first-order chi connectivity index (χ1) is 11.5. The van der Waals surface area contributed by atoms with E-state index in [0.29, 0.717) is 16.7 Å². The number of halogens is 1. The van der Waals surface area contributed by atoms with Crippen LogP contribution in [0.15, 0.2) is 24.7 Å². The number of anilines is 1. The summed E-state index contributed by atoms with van der Waals surface area (Å²) in [5.41, 5.74) is 1.86. The van der Waals surface area contributed by atoms with Gasteiger partial charge in [-0.1, -0.05) is 11.6 Å². The summed E-state index contributed by atoms with van der Waals surface area (Å²) in [5, 5.41) is 14.0. The lowest BCUT2D eigenvalue weighted by atomic mass is 9.83. The van der Waals surface area contributed by atoms with Crippen LogP contribution >= 0.6 is 11.6 Å². The molecule has 0 amide bonds. The summed E-state index contributed by atoms with van der Waals surface area (Å²) in [4.78, 5) is 12.7. The van der Waals surface area contributed by atoms with Crippen LogP contribution in [0.4, 0.5) is 5.69 Å². The summed E-state index contributed by atoms with van der Waals surface area (Å²) in [6.45, 7) is 1.89. The van der Waals surface area contributed by atoms with Crippen molar-refractivity contribution in [1.29, 1.82) is 0 Å². The molecule has 6 nitrogen and oxygen atoms in total. The van der Waals surface area contributed by atoms with Gasteiger partial charge in [-0.2, -0.15) is 0 Å². The SMILES string of the molecule is COc1cnc(-c2cnc(Cl)cc2NC2CCC(C)(O)CC2)cn1. The minimum absolute atomic E-state index is 0.286. The van der Waals surface area contributed by atoms with E-state index in [1.807, 2.05) is 6.92 Å². The summed E-state index contributed by atoms with van der Waals surface area (Å²) in [6.07, 6.45) is 8.29. The zero-order valence-corrected chi connectivity index (χ0v) is 14.5. The van der Waals surface area contributed by atoms with Crippen molar-refractivity contribution in [3.63, 3.8) is 0 Å². The van der Waals surface area contributed by atoms with E-state index < -0.39 is 5.60 Å². The molecular formula is C17H21ClN4O2. The average Bonchev–Trinajstić information content (AvgIpc) is 2.57. The molecule has 0 spiro atoms. The molecule has 0 radical (unpaired) electrons. The highest BCUT2D eigenvalue weighted by atomic mass is 35.5. The van der Waals surface area contributed by atoms with E-state index in [9.17, 15) is 5.11 Å². The van der Waals surface area contributed by atoms with Crippen LogP contribution in [0.3, 0.4) is 0 Å². The van der Waals surface area contributed by atoms with Crippen molar-refractivity contribution in [3.8, 4) is 17.1 Å². The zero-order chi connectivity index (χ0) is 17.2. The lowest BCUT2D eigenvalue weighted by Gasteiger charge is -2.34. The molecule has 0 atom stereocenters. The number of pyridine rings is 1. The summed E-state index contributed by atoms with van der Waals surface area (Å²) in [7, 11) is 1.55.